The predicted octanol–water partition coefficient (Wildman–Crippen LogP) is 6.91. The van der Waals surface area contributed by atoms with E-state index >= 15 is 0 Å². The van der Waals surface area contributed by atoms with Gasteiger partial charge in [0.2, 0.25) is 0 Å². The standard InChI is InChI=1S/C32H38F6N4O4S/c1-2-40-26-15-23(16-27(18-26)42-10-6-7-11-47(42,45)46)30(44)41-28(14-21-8-4-3-5-9-21)29(43)20-39-19-22-12-24(31(33,34)35)17-25(13-22)32(36,37)38/h3-5,8-9,12-13,15-18,28-29,39-40,43,45-46H,2,6-7,10-11,14,19-20H2,1H3,(H,41,44)/t28-,29+/m0/s1. The summed E-state index contributed by atoms with van der Waals surface area (Å²) in [4.78, 5) is 13.6. The Kier molecular flexibility index (Phi) is 11.7. The Morgan fingerprint density at radius 3 is 2.17 bits per heavy atom. The van der Waals surface area contributed by atoms with Gasteiger partial charge in [-0.25, -0.2) is 0 Å². The van der Waals surface area contributed by atoms with E-state index in [-0.39, 0.29) is 35.9 Å². The van der Waals surface area contributed by atoms with Crippen molar-refractivity contribution in [1.29, 1.82) is 0 Å². The number of carbonyl (C=O) groups is 1. The number of carbonyl (C=O) groups excluding carboxylic acids is 1. The number of nitrogens with one attached hydrogen (secondary N) is 3. The lowest BCUT2D eigenvalue weighted by atomic mass is 10.00. The van der Waals surface area contributed by atoms with Gasteiger partial charge in [0.1, 0.15) is 0 Å². The molecule has 1 aliphatic heterocycles. The van der Waals surface area contributed by atoms with Crippen LogP contribution in [0.15, 0.2) is 66.7 Å². The third-order valence-corrected chi connectivity index (χ3v) is 9.58. The third kappa shape index (κ3) is 10.00. The van der Waals surface area contributed by atoms with Crippen LogP contribution < -0.4 is 20.3 Å². The molecule has 3 aromatic carbocycles. The SMILES string of the molecule is CCNc1cc(C(=O)N[C@@H](Cc2ccccc2)[C@H](O)CNCc2cc(C(F)(F)F)cc(C(F)(F)F)c2)cc(N2CCCCS2(O)O)c1. The first-order valence-electron chi connectivity index (χ1n) is 15.0. The van der Waals surface area contributed by atoms with Crippen LogP contribution in [-0.4, -0.2) is 57.7 Å². The number of hydrogen-bond donors (Lipinski definition) is 6. The molecule has 15 heteroatoms. The van der Waals surface area contributed by atoms with Crippen LogP contribution in [0.25, 0.3) is 0 Å². The second-order valence-electron chi connectivity index (χ2n) is 11.3. The summed E-state index contributed by atoms with van der Waals surface area (Å²) in [6.45, 7) is 2.09. The molecule has 3 aromatic rings. The zero-order valence-electron chi connectivity index (χ0n) is 25.5. The van der Waals surface area contributed by atoms with Crippen molar-refractivity contribution in [3.8, 4) is 0 Å². The van der Waals surface area contributed by atoms with Crippen molar-refractivity contribution in [1.82, 2.24) is 10.6 Å². The van der Waals surface area contributed by atoms with Gasteiger partial charge in [-0.1, -0.05) is 30.3 Å². The smallest absolute Gasteiger partial charge is 0.390 e. The Balaban J connectivity index is 1.54. The molecule has 4 rings (SSSR count). The molecule has 8 nitrogen and oxygen atoms in total. The number of anilines is 2. The van der Waals surface area contributed by atoms with E-state index < -0.39 is 58.9 Å². The van der Waals surface area contributed by atoms with Gasteiger partial charge in [-0.15, -0.1) is 10.8 Å². The molecule has 47 heavy (non-hydrogen) atoms. The Hall–Kier alpha value is -3.50. The summed E-state index contributed by atoms with van der Waals surface area (Å²) >= 11 is 0. The first-order valence-corrected chi connectivity index (χ1v) is 16.7. The van der Waals surface area contributed by atoms with Gasteiger partial charge in [0.05, 0.1) is 34.7 Å². The highest BCUT2D eigenvalue weighted by molar-refractivity contribution is 8.25. The second kappa shape index (κ2) is 15.2. The second-order valence-corrected chi connectivity index (χ2v) is 13.4. The van der Waals surface area contributed by atoms with E-state index in [0.29, 0.717) is 43.0 Å². The highest BCUT2D eigenvalue weighted by Gasteiger charge is 2.37. The van der Waals surface area contributed by atoms with Crippen LogP contribution >= 0.6 is 10.8 Å². The summed E-state index contributed by atoms with van der Waals surface area (Å²) in [7, 11) is -3.08. The van der Waals surface area contributed by atoms with Crippen LogP contribution in [0.1, 0.15) is 52.4 Å². The first-order chi connectivity index (χ1) is 22.1. The molecule has 258 valence electrons. The number of rotatable bonds is 12. The quantitative estimate of drug-likeness (QED) is 0.115. The fourth-order valence-corrected chi connectivity index (χ4v) is 7.01. The summed E-state index contributed by atoms with van der Waals surface area (Å²) in [5.74, 6) is -0.372. The molecule has 1 amide bonds. The van der Waals surface area contributed by atoms with Crippen molar-refractivity contribution in [2.75, 3.05) is 35.0 Å². The molecule has 0 unspecified atom stereocenters. The average molecular weight is 689 g/mol. The van der Waals surface area contributed by atoms with E-state index in [2.05, 4.69) is 16.0 Å². The number of hydrogen-bond acceptors (Lipinski definition) is 7. The molecule has 0 aromatic heterocycles. The van der Waals surface area contributed by atoms with E-state index in [4.69, 9.17) is 0 Å². The highest BCUT2D eigenvalue weighted by Crippen LogP contribution is 2.50. The molecule has 1 aliphatic rings. The van der Waals surface area contributed by atoms with Crippen LogP contribution in [-0.2, 0) is 25.3 Å². The number of amides is 1. The van der Waals surface area contributed by atoms with Crippen LogP contribution in [0.5, 0.6) is 0 Å². The third-order valence-electron chi connectivity index (χ3n) is 7.64. The zero-order valence-corrected chi connectivity index (χ0v) is 26.4. The number of halogens is 6. The summed E-state index contributed by atoms with van der Waals surface area (Å²) in [5.41, 5.74) is -1.21. The fraction of sp³-hybridized carbons (Fsp3) is 0.406. The maximum absolute atomic E-state index is 13.6. The van der Waals surface area contributed by atoms with E-state index in [9.17, 15) is 45.3 Å². The summed E-state index contributed by atoms with van der Waals surface area (Å²) in [6.07, 6.45) is -9.74. The van der Waals surface area contributed by atoms with Crippen molar-refractivity contribution >= 4 is 28.1 Å². The zero-order chi connectivity index (χ0) is 34.4. The van der Waals surface area contributed by atoms with Crippen LogP contribution in [0, 0.1) is 0 Å². The van der Waals surface area contributed by atoms with Gasteiger partial charge in [0.25, 0.3) is 5.91 Å². The van der Waals surface area contributed by atoms with Crippen molar-refractivity contribution < 1.29 is 45.3 Å². The van der Waals surface area contributed by atoms with E-state index in [1.165, 1.54) is 10.4 Å². The summed E-state index contributed by atoms with van der Waals surface area (Å²) < 4.78 is 103. The van der Waals surface area contributed by atoms with Gasteiger partial charge < -0.3 is 21.1 Å². The predicted molar refractivity (Wildman–Crippen MR) is 170 cm³/mol. The molecule has 1 heterocycles. The van der Waals surface area contributed by atoms with Crippen LogP contribution in [0.2, 0.25) is 0 Å². The number of alkyl halides is 6. The monoisotopic (exact) mass is 688 g/mol. The van der Waals surface area contributed by atoms with Gasteiger partial charge in [-0.2, -0.15) is 26.3 Å². The molecule has 0 radical (unpaired) electrons. The number of nitrogens with zero attached hydrogens (tertiary/aromatic N) is 1. The lowest BCUT2D eigenvalue weighted by Crippen LogP contribution is -2.48. The molecule has 0 spiro atoms. The maximum atomic E-state index is 13.6. The van der Waals surface area contributed by atoms with E-state index in [0.717, 1.165) is 12.0 Å². The summed E-state index contributed by atoms with van der Waals surface area (Å²) in [5, 5.41) is 19.8. The van der Waals surface area contributed by atoms with Gasteiger partial charge in [0, 0.05) is 37.4 Å². The van der Waals surface area contributed by atoms with E-state index in [1.807, 2.05) is 6.92 Å². The molecular formula is C32H38F6N4O4S. The minimum atomic E-state index is -4.99. The summed E-state index contributed by atoms with van der Waals surface area (Å²) in [6, 6.07) is 14.1. The molecule has 2 atom stereocenters. The number of benzene rings is 3. The molecule has 1 fully saturated rings. The van der Waals surface area contributed by atoms with Gasteiger partial charge in [0.15, 0.2) is 0 Å². The maximum Gasteiger partial charge on any atom is 0.416 e. The Morgan fingerprint density at radius 1 is 0.915 bits per heavy atom. The van der Waals surface area contributed by atoms with Gasteiger partial charge in [-0.05, 0) is 73.7 Å². The van der Waals surface area contributed by atoms with Gasteiger partial charge >= 0.3 is 12.4 Å². The molecule has 1 saturated heterocycles. The minimum absolute atomic E-state index is 0.0495. The molecule has 0 bridgehead atoms. The minimum Gasteiger partial charge on any atom is -0.390 e. The van der Waals surface area contributed by atoms with Crippen LogP contribution in [0.3, 0.4) is 0 Å². The Labute approximate surface area is 270 Å². The molecule has 6 N–H and O–H groups in total. The van der Waals surface area contributed by atoms with Crippen molar-refractivity contribution in [2.45, 2.75) is 57.2 Å². The number of aliphatic hydroxyl groups excluding tert-OH is 1. The normalized spacial score (nSPS) is 17.1. The molecule has 0 saturated carbocycles. The Morgan fingerprint density at radius 2 is 1.57 bits per heavy atom. The fourth-order valence-electron chi connectivity index (χ4n) is 5.33. The lowest BCUT2D eigenvalue weighted by molar-refractivity contribution is -0.143. The van der Waals surface area contributed by atoms with Gasteiger partial charge in [-0.3, -0.25) is 18.2 Å². The van der Waals surface area contributed by atoms with E-state index in [1.54, 1.807) is 42.5 Å². The van der Waals surface area contributed by atoms with Crippen molar-refractivity contribution in [2.24, 2.45) is 0 Å². The molecule has 0 aliphatic carbocycles. The highest BCUT2D eigenvalue weighted by atomic mass is 32.3. The van der Waals surface area contributed by atoms with Crippen LogP contribution in [0.4, 0.5) is 37.7 Å². The topological polar surface area (TPSA) is 117 Å². The first kappa shape index (κ1) is 36.3. The molecular weight excluding hydrogens is 650 g/mol. The average Bonchev–Trinajstić information content (AvgIpc) is 3.00. The number of aliphatic hydroxyl groups is 1. The largest absolute Gasteiger partial charge is 0.416 e. The Bertz CT molecular complexity index is 1470. The lowest BCUT2D eigenvalue weighted by Gasteiger charge is -2.47. The van der Waals surface area contributed by atoms with Crippen molar-refractivity contribution in [3.05, 3.63) is 94.5 Å². The van der Waals surface area contributed by atoms with Crippen molar-refractivity contribution in [3.63, 3.8) is 0 Å².